The Balaban J connectivity index is 1.53. The third-order valence-corrected chi connectivity index (χ3v) is 11.1. The second-order valence-electron chi connectivity index (χ2n) is 12.6. The van der Waals surface area contributed by atoms with Crippen molar-refractivity contribution in [2.45, 2.75) is 111 Å². The quantitative estimate of drug-likeness (QED) is 0.263. The molecule has 4 rings (SSSR count). The third-order valence-electron chi connectivity index (χ3n) is 10.7. The van der Waals surface area contributed by atoms with Crippen molar-refractivity contribution in [3.8, 4) is 0 Å². The molecule has 0 aromatic heterocycles. The van der Waals surface area contributed by atoms with E-state index in [9.17, 15) is 5.21 Å². The Hall–Kier alpha value is -0.240. The van der Waals surface area contributed by atoms with Crippen LogP contribution in [-0.2, 0) is 0 Å². The van der Waals surface area contributed by atoms with Crippen LogP contribution in [0.5, 0.6) is 0 Å². The minimum absolute atomic E-state index is 0.257. The molecule has 172 valence electrons. The molecule has 0 aromatic carbocycles. The standard InChI is InChI=1S/C27H46ClNO/c1-17(2)7-6-8-18(3)21-9-10-22-20-16-25(29-30)24-15-19(28)11-13-27(24,5)23(20)12-14-26(21,22)4/h17-24,30H,6-16H2,1-5H3/b29-25-/t18-,19+,20+,21-,22+,23+,24-,26-,27-/m1/s1. The van der Waals surface area contributed by atoms with E-state index in [1.54, 1.807) is 0 Å². The van der Waals surface area contributed by atoms with Gasteiger partial charge in [-0.25, -0.2) is 0 Å². The van der Waals surface area contributed by atoms with E-state index in [1.807, 2.05) is 0 Å². The molecule has 4 saturated carbocycles. The molecule has 2 nitrogen and oxygen atoms in total. The van der Waals surface area contributed by atoms with E-state index < -0.39 is 0 Å². The monoisotopic (exact) mass is 435 g/mol. The molecular weight excluding hydrogens is 390 g/mol. The fourth-order valence-corrected chi connectivity index (χ4v) is 9.44. The van der Waals surface area contributed by atoms with Crippen molar-refractivity contribution < 1.29 is 5.21 Å². The van der Waals surface area contributed by atoms with E-state index in [0.717, 1.165) is 60.5 Å². The van der Waals surface area contributed by atoms with E-state index in [4.69, 9.17) is 11.6 Å². The highest BCUT2D eigenvalue weighted by Crippen LogP contribution is 2.68. The zero-order valence-electron chi connectivity index (χ0n) is 20.2. The minimum Gasteiger partial charge on any atom is -0.411 e. The van der Waals surface area contributed by atoms with Crippen LogP contribution in [0, 0.1) is 52.3 Å². The van der Waals surface area contributed by atoms with E-state index in [-0.39, 0.29) is 10.8 Å². The van der Waals surface area contributed by atoms with E-state index in [1.165, 1.54) is 51.4 Å². The largest absolute Gasteiger partial charge is 0.411 e. The van der Waals surface area contributed by atoms with Crippen molar-refractivity contribution in [3.63, 3.8) is 0 Å². The molecule has 0 aromatic rings. The smallest absolute Gasteiger partial charge is 0.0610 e. The summed E-state index contributed by atoms with van der Waals surface area (Å²) in [6.07, 6.45) is 14.2. The van der Waals surface area contributed by atoms with Crippen molar-refractivity contribution in [3.05, 3.63) is 0 Å². The van der Waals surface area contributed by atoms with Crippen LogP contribution in [0.3, 0.4) is 0 Å². The minimum atomic E-state index is 0.257. The molecule has 4 fully saturated rings. The average Bonchev–Trinajstić information content (AvgIpc) is 3.05. The molecule has 0 bridgehead atoms. The maximum Gasteiger partial charge on any atom is 0.0610 e. The molecule has 0 aliphatic heterocycles. The van der Waals surface area contributed by atoms with Gasteiger partial charge in [0.2, 0.25) is 0 Å². The van der Waals surface area contributed by atoms with Crippen molar-refractivity contribution >= 4 is 17.3 Å². The van der Waals surface area contributed by atoms with E-state index >= 15 is 0 Å². The average molecular weight is 436 g/mol. The Bertz CT molecular complexity index is 647. The fourth-order valence-electron chi connectivity index (χ4n) is 9.15. The predicted octanol–water partition coefficient (Wildman–Crippen LogP) is 8.16. The summed E-state index contributed by atoms with van der Waals surface area (Å²) in [6, 6.07) is 0. The Morgan fingerprint density at radius 2 is 1.70 bits per heavy atom. The summed E-state index contributed by atoms with van der Waals surface area (Å²) >= 11 is 6.59. The van der Waals surface area contributed by atoms with Gasteiger partial charge in [0.05, 0.1) is 5.71 Å². The SMILES string of the molecule is CC(C)CCC[C@@H](C)[C@H]1CC[C@H]2[C@@H]3C/C(=N/O)[C@H]4C[C@@H](Cl)CC[C@]4(C)[C@H]3CC[C@]12C. The van der Waals surface area contributed by atoms with Crippen LogP contribution in [0.25, 0.3) is 0 Å². The zero-order valence-corrected chi connectivity index (χ0v) is 20.9. The van der Waals surface area contributed by atoms with Crippen LogP contribution in [0.15, 0.2) is 5.16 Å². The molecule has 9 atom stereocenters. The summed E-state index contributed by atoms with van der Waals surface area (Å²) in [5, 5.41) is 14.1. The van der Waals surface area contributed by atoms with E-state index in [0.29, 0.717) is 11.3 Å². The molecule has 0 amide bonds. The first-order chi connectivity index (χ1) is 14.2. The Morgan fingerprint density at radius 3 is 2.40 bits per heavy atom. The molecule has 0 unspecified atom stereocenters. The lowest BCUT2D eigenvalue weighted by molar-refractivity contribution is -0.0801. The lowest BCUT2D eigenvalue weighted by Crippen LogP contribution is -2.56. The van der Waals surface area contributed by atoms with Crippen LogP contribution >= 0.6 is 11.6 Å². The molecule has 0 heterocycles. The van der Waals surface area contributed by atoms with Crippen molar-refractivity contribution in [2.75, 3.05) is 0 Å². The van der Waals surface area contributed by atoms with Crippen LogP contribution in [0.1, 0.15) is 105 Å². The number of halogens is 1. The summed E-state index contributed by atoms with van der Waals surface area (Å²) in [7, 11) is 0. The van der Waals surface area contributed by atoms with Crippen LogP contribution < -0.4 is 0 Å². The van der Waals surface area contributed by atoms with Gasteiger partial charge in [-0.15, -0.1) is 11.6 Å². The number of hydrogen-bond donors (Lipinski definition) is 1. The van der Waals surface area contributed by atoms with Crippen molar-refractivity contribution in [1.82, 2.24) is 0 Å². The number of alkyl halides is 1. The third kappa shape index (κ3) is 3.75. The molecule has 1 N–H and O–H groups in total. The van der Waals surface area contributed by atoms with Crippen LogP contribution in [0.4, 0.5) is 0 Å². The molecular formula is C27H46ClNO. The maximum atomic E-state index is 9.95. The second-order valence-corrected chi connectivity index (χ2v) is 13.2. The second kappa shape index (κ2) is 8.60. The molecule has 0 spiro atoms. The van der Waals surface area contributed by atoms with Gasteiger partial charge in [0, 0.05) is 11.3 Å². The van der Waals surface area contributed by atoms with Crippen molar-refractivity contribution in [2.24, 2.45) is 57.4 Å². The molecule has 0 saturated heterocycles. The predicted molar refractivity (Wildman–Crippen MR) is 127 cm³/mol. The summed E-state index contributed by atoms with van der Waals surface area (Å²) in [6.45, 7) is 12.4. The number of hydrogen-bond acceptors (Lipinski definition) is 2. The number of rotatable bonds is 5. The maximum absolute atomic E-state index is 9.95. The van der Waals surface area contributed by atoms with Gasteiger partial charge in [-0.3, -0.25) is 0 Å². The van der Waals surface area contributed by atoms with E-state index in [2.05, 4.69) is 39.8 Å². The Kier molecular flexibility index (Phi) is 6.58. The van der Waals surface area contributed by atoms with Gasteiger partial charge >= 0.3 is 0 Å². The van der Waals surface area contributed by atoms with Crippen LogP contribution in [0.2, 0.25) is 0 Å². The zero-order chi connectivity index (χ0) is 21.7. The van der Waals surface area contributed by atoms with Gasteiger partial charge in [0.25, 0.3) is 0 Å². The Labute approximate surface area is 190 Å². The first-order valence-corrected chi connectivity index (χ1v) is 13.5. The van der Waals surface area contributed by atoms with Crippen LogP contribution in [-0.4, -0.2) is 16.3 Å². The van der Waals surface area contributed by atoms with Gasteiger partial charge in [-0.05, 0) is 97.7 Å². The summed E-state index contributed by atoms with van der Waals surface area (Å²) in [5.74, 6) is 5.29. The molecule has 4 aliphatic rings. The van der Waals surface area contributed by atoms with Gasteiger partial charge in [0.15, 0.2) is 0 Å². The number of oxime groups is 1. The lowest BCUT2D eigenvalue weighted by atomic mass is 9.44. The highest BCUT2D eigenvalue weighted by atomic mass is 35.5. The van der Waals surface area contributed by atoms with Crippen molar-refractivity contribution in [1.29, 1.82) is 0 Å². The molecule has 3 heteroatoms. The highest BCUT2D eigenvalue weighted by Gasteiger charge is 2.62. The Morgan fingerprint density at radius 1 is 1.00 bits per heavy atom. The van der Waals surface area contributed by atoms with Gasteiger partial charge < -0.3 is 5.21 Å². The highest BCUT2D eigenvalue weighted by molar-refractivity contribution is 6.20. The number of fused-ring (bicyclic) bond motifs is 5. The van der Waals surface area contributed by atoms with Gasteiger partial charge in [-0.2, -0.15) is 0 Å². The fraction of sp³-hybridized carbons (Fsp3) is 0.963. The lowest BCUT2D eigenvalue weighted by Gasteiger charge is -2.61. The molecule has 30 heavy (non-hydrogen) atoms. The topological polar surface area (TPSA) is 32.6 Å². The summed E-state index contributed by atoms with van der Waals surface area (Å²) < 4.78 is 0. The summed E-state index contributed by atoms with van der Waals surface area (Å²) in [5.41, 5.74) is 1.87. The first kappa shape index (κ1) is 22.9. The molecule has 4 aliphatic carbocycles. The molecule has 0 radical (unpaired) electrons. The van der Waals surface area contributed by atoms with Gasteiger partial charge in [0.1, 0.15) is 0 Å². The first-order valence-electron chi connectivity index (χ1n) is 13.1. The summed E-state index contributed by atoms with van der Waals surface area (Å²) in [4.78, 5) is 0. The normalized spacial score (nSPS) is 48.3. The number of nitrogens with zero attached hydrogens (tertiary/aromatic N) is 1. The van der Waals surface area contributed by atoms with Gasteiger partial charge in [-0.1, -0.05) is 59.0 Å².